The molecule has 2 atom stereocenters. The molecule has 2 rings (SSSR count). The summed E-state index contributed by atoms with van der Waals surface area (Å²) in [6.07, 6.45) is 8.86. The van der Waals surface area contributed by atoms with E-state index < -0.39 is 42.4 Å². The van der Waals surface area contributed by atoms with Crippen molar-refractivity contribution in [2.45, 2.75) is 88.8 Å². The van der Waals surface area contributed by atoms with Crippen LogP contribution in [0.15, 0.2) is 48.8 Å². The number of aliphatic carboxylic acids is 3. The molecule has 3 amide bonds. The number of unbranched alkanes of at least 4 members (excludes halogenated alkanes) is 5. The van der Waals surface area contributed by atoms with E-state index in [2.05, 4.69) is 31.2 Å². The van der Waals surface area contributed by atoms with E-state index >= 15 is 0 Å². The van der Waals surface area contributed by atoms with Crippen LogP contribution in [0.4, 0.5) is 4.79 Å². The van der Waals surface area contributed by atoms with Crippen LogP contribution in [0.25, 0.3) is 0 Å². The van der Waals surface area contributed by atoms with E-state index in [1.807, 2.05) is 56.8 Å². The molecule has 1 radical (unpaired) electrons. The molecule has 17 nitrogen and oxygen atoms in total. The topological polar surface area (TPSA) is 271 Å². The number of rotatable bonds is 23. The van der Waals surface area contributed by atoms with Gasteiger partial charge in [-0.15, -0.1) is 0 Å². The average Bonchev–Trinajstić information content (AvgIpc) is 3.15. The predicted octanol–water partition coefficient (Wildman–Crippen LogP) is -18.7. The molecule has 0 aromatic carbocycles. The Morgan fingerprint density at radius 3 is 1.41 bits per heavy atom. The van der Waals surface area contributed by atoms with Crippen LogP contribution in [-0.2, 0) is 54.0 Å². The van der Waals surface area contributed by atoms with Gasteiger partial charge < -0.3 is 170 Å². The molecule has 0 aliphatic carbocycles. The Labute approximate surface area is 432 Å². The van der Waals surface area contributed by atoms with Crippen molar-refractivity contribution >= 4 is 50.2 Å². The molecule has 2 aromatic heterocycles. The maximum atomic E-state index is 12.1. The summed E-state index contributed by atoms with van der Waals surface area (Å²) in [5.41, 5.74) is 1.84. The van der Waals surface area contributed by atoms with Crippen molar-refractivity contribution in [1.82, 2.24) is 31.2 Å². The standard InChI is InChI=1S/C31H44N6O8.3CH2O.7BrH.Re/c38-26(34-20-11-7-14-24(29(41)42)36-31(45)37-25(30(43)44)16-17-27(39)40)15-4-2-1-3-8-21-35-28(22-12-5-9-18-32-22)23-13-6-10-19-33-23;3*1-2;;;;;;;;/h5-6,9-10,12-13,18-19,24-25,28,35H,1-4,7-8,11,14-17,20-21H2,(H,34,38)(H,39,40)(H,41,42)(H,43,44)(H2,36,37,45);3*1H2;7*1H;/p-7. The maximum absolute atomic E-state index is 12.1. The number of nitrogens with one attached hydrogen (secondary N) is 4. The Morgan fingerprint density at radius 1 is 0.559 bits per heavy atom. The molecule has 0 fully saturated rings. The minimum Gasteiger partial charge on any atom is -1.00 e. The third-order valence-corrected chi connectivity index (χ3v) is 6.99. The normalized spacial score (nSPS) is 9.51. The summed E-state index contributed by atoms with van der Waals surface area (Å²) in [6, 6.07) is 7.85. The first-order chi connectivity index (χ1) is 24.7. The first kappa shape index (κ1) is 81.3. The van der Waals surface area contributed by atoms with Gasteiger partial charge in [0.05, 0.1) is 17.4 Å². The Bertz CT molecular complexity index is 1250. The van der Waals surface area contributed by atoms with E-state index in [9.17, 15) is 29.1 Å². The van der Waals surface area contributed by atoms with Gasteiger partial charge in [0.2, 0.25) is 5.91 Å². The third-order valence-electron chi connectivity index (χ3n) is 6.99. The van der Waals surface area contributed by atoms with Crippen LogP contribution in [0.5, 0.6) is 0 Å². The second-order valence-electron chi connectivity index (χ2n) is 10.6. The smallest absolute Gasteiger partial charge is 0.326 e. The van der Waals surface area contributed by atoms with Crippen molar-refractivity contribution in [2.24, 2.45) is 0 Å². The number of carboxylic acids is 3. The van der Waals surface area contributed by atoms with E-state index in [4.69, 9.17) is 24.6 Å². The summed E-state index contributed by atoms with van der Waals surface area (Å²) < 4.78 is 0. The van der Waals surface area contributed by atoms with Gasteiger partial charge in [-0.1, -0.05) is 31.4 Å². The average molecular weight is 1460 g/mol. The zero-order valence-electron chi connectivity index (χ0n) is 31.7. The molecule has 7 N–H and O–H groups in total. The van der Waals surface area contributed by atoms with E-state index in [0.717, 1.165) is 50.0 Å². The van der Waals surface area contributed by atoms with Gasteiger partial charge in [-0.3, -0.25) is 19.6 Å². The van der Waals surface area contributed by atoms with Crippen molar-refractivity contribution in [3.05, 3.63) is 60.2 Å². The van der Waals surface area contributed by atoms with Crippen molar-refractivity contribution < 1.29 is 193 Å². The van der Waals surface area contributed by atoms with E-state index in [1.165, 1.54) is 0 Å². The first-order valence-electron chi connectivity index (χ1n) is 16.1. The molecule has 2 aromatic rings. The number of amides is 3. The van der Waals surface area contributed by atoms with Crippen molar-refractivity contribution in [3.63, 3.8) is 0 Å². The van der Waals surface area contributed by atoms with Gasteiger partial charge in [-0.25, -0.2) is 14.4 Å². The summed E-state index contributed by atoms with van der Waals surface area (Å²) in [4.78, 5) is 90.6. The summed E-state index contributed by atoms with van der Waals surface area (Å²) in [5, 5.41) is 37.9. The molecular formula is C34H50Br7N6O11Re-7. The molecule has 345 valence electrons. The third kappa shape index (κ3) is 42.9. The van der Waals surface area contributed by atoms with Crippen LogP contribution < -0.4 is 140 Å². The minimum absolute atomic E-state index is 0. The number of halogens is 7. The molecule has 2 heterocycles. The van der Waals surface area contributed by atoms with Crippen molar-refractivity contribution in [1.29, 1.82) is 0 Å². The molecule has 0 aliphatic heterocycles. The SMILES string of the molecule is C=O.C=O.C=O.O=C(O)CCC(NC(=O)NC(CCCCNC(=O)CCCCCCCNC(c1ccccn1)c1ccccn1)C(=O)O)C(=O)O.[Br-].[Br-].[Br-].[Br-].[Br-].[Br-].[Br-].[Re]. The van der Waals surface area contributed by atoms with Crippen LogP contribution in [0.2, 0.25) is 0 Å². The summed E-state index contributed by atoms with van der Waals surface area (Å²) in [7, 11) is 0. The molecule has 59 heavy (non-hydrogen) atoms. The molecule has 0 saturated carbocycles. The second-order valence-corrected chi connectivity index (χ2v) is 10.6. The van der Waals surface area contributed by atoms with Crippen molar-refractivity contribution in [3.8, 4) is 0 Å². The minimum atomic E-state index is -1.46. The number of carbonyl (C=O) groups is 8. The summed E-state index contributed by atoms with van der Waals surface area (Å²) in [5.74, 6) is -4.00. The van der Waals surface area contributed by atoms with Gasteiger partial charge in [0.25, 0.3) is 0 Å². The van der Waals surface area contributed by atoms with Crippen LogP contribution in [0.1, 0.15) is 88.1 Å². The van der Waals surface area contributed by atoms with Gasteiger partial charge in [-0.05, 0) is 69.3 Å². The summed E-state index contributed by atoms with van der Waals surface area (Å²) >= 11 is 0. The zero-order chi connectivity index (χ0) is 38.9. The fourth-order valence-electron chi connectivity index (χ4n) is 4.57. The van der Waals surface area contributed by atoms with E-state index in [1.54, 1.807) is 12.4 Å². The molecule has 0 saturated heterocycles. The number of aromatic nitrogens is 2. The number of carbonyl (C=O) groups excluding carboxylic acids is 5. The fraction of sp³-hybridized carbons (Fsp3) is 0.471. The Balaban J connectivity index is -0.000000204. The number of hydrogen-bond donors (Lipinski definition) is 7. The fourth-order valence-corrected chi connectivity index (χ4v) is 4.57. The van der Waals surface area contributed by atoms with Crippen LogP contribution >= 0.6 is 0 Å². The van der Waals surface area contributed by atoms with Gasteiger partial charge >= 0.3 is 23.9 Å². The quantitative estimate of drug-likeness (QED) is 0.0510. The van der Waals surface area contributed by atoms with Crippen LogP contribution in [0.3, 0.4) is 0 Å². The maximum Gasteiger partial charge on any atom is 0.326 e. The van der Waals surface area contributed by atoms with E-state index in [-0.39, 0.29) is 164 Å². The van der Waals surface area contributed by atoms with Crippen LogP contribution in [0, 0.1) is 0 Å². The largest absolute Gasteiger partial charge is 1.00 e. The number of nitrogens with zero attached hydrogens (tertiary/aromatic N) is 2. The number of hydrogen-bond acceptors (Lipinski definition) is 11. The van der Waals surface area contributed by atoms with Gasteiger partial charge in [0.15, 0.2) is 0 Å². The Morgan fingerprint density at radius 2 is 0.983 bits per heavy atom. The summed E-state index contributed by atoms with van der Waals surface area (Å²) in [6.45, 7) is 7.18. The van der Waals surface area contributed by atoms with Crippen molar-refractivity contribution in [2.75, 3.05) is 13.1 Å². The molecule has 0 aliphatic rings. The zero-order valence-corrected chi connectivity index (χ0v) is 45.5. The van der Waals surface area contributed by atoms with E-state index in [0.29, 0.717) is 25.8 Å². The predicted molar refractivity (Wildman–Crippen MR) is 186 cm³/mol. The first-order valence-corrected chi connectivity index (χ1v) is 16.1. The van der Waals surface area contributed by atoms with Gasteiger partial charge in [0, 0.05) is 52.2 Å². The monoisotopic (exact) mass is 1460 g/mol. The number of pyridine rings is 2. The Hall–Kier alpha value is -1.56. The Kier molecular flexibility index (Phi) is 77.8. The molecule has 25 heteroatoms. The second kappa shape index (κ2) is 56.4. The van der Waals surface area contributed by atoms with Gasteiger partial charge in [0.1, 0.15) is 32.5 Å². The van der Waals surface area contributed by atoms with Gasteiger partial charge in [-0.2, -0.15) is 0 Å². The number of carboxylic acid groups (broad SMARTS) is 3. The molecule has 0 spiro atoms. The molecule has 2 unspecified atom stereocenters. The van der Waals surface area contributed by atoms with Crippen LogP contribution in [-0.4, -0.2) is 101 Å². The molecule has 0 bridgehead atoms. The number of urea groups is 1. The molecular weight excluding hydrogens is 1410 g/mol.